The Balaban J connectivity index is 1.98. The molecule has 2 atom stereocenters. The van der Waals surface area contributed by atoms with Gasteiger partial charge in [0.05, 0.1) is 0 Å². The highest BCUT2D eigenvalue weighted by molar-refractivity contribution is 5.97. The van der Waals surface area contributed by atoms with E-state index in [-0.39, 0.29) is 16.9 Å². The minimum Gasteiger partial charge on any atom is -0.360 e. The van der Waals surface area contributed by atoms with Crippen LogP contribution in [-0.4, -0.2) is 28.9 Å². The van der Waals surface area contributed by atoms with Gasteiger partial charge in [-0.2, -0.15) is 0 Å². The minimum absolute atomic E-state index is 0.152. The second kappa shape index (κ2) is 5.35. The maximum atomic E-state index is 12.7. The third-order valence-corrected chi connectivity index (χ3v) is 4.17. The van der Waals surface area contributed by atoms with E-state index >= 15 is 0 Å². The molecule has 21 heavy (non-hydrogen) atoms. The van der Waals surface area contributed by atoms with Crippen molar-refractivity contribution in [3.63, 3.8) is 0 Å². The number of aromatic nitrogens is 1. The third-order valence-electron chi connectivity index (χ3n) is 4.17. The topological polar surface area (TPSA) is 53.2 Å². The van der Waals surface area contributed by atoms with Crippen LogP contribution in [-0.2, 0) is 0 Å². The lowest BCUT2D eigenvalue weighted by atomic mass is 9.91. The number of likely N-dealkylation sites (tertiary alicyclic amines) is 1. The van der Waals surface area contributed by atoms with Crippen molar-refractivity contribution in [2.75, 3.05) is 13.1 Å². The molecule has 0 radical (unpaired) electrons. The minimum atomic E-state index is -0.180. The molecule has 1 aliphatic rings. The standard InChI is InChI=1S/C17H20N2O2/c1-11-7-12(2)10-19(9-11)17(21)14-8-18-15-6-4-3-5-13(15)16(14)20/h3-6,8,11-12H,7,9-10H2,1-2H3,(H,18,20). The van der Waals surface area contributed by atoms with Gasteiger partial charge in [-0.15, -0.1) is 0 Å². The van der Waals surface area contributed by atoms with Gasteiger partial charge in [0.15, 0.2) is 0 Å². The zero-order valence-electron chi connectivity index (χ0n) is 12.4. The van der Waals surface area contributed by atoms with Gasteiger partial charge in [0.25, 0.3) is 5.91 Å². The molecule has 1 aromatic carbocycles. The summed E-state index contributed by atoms with van der Waals surface area (Å²) in [5, 5.41) is 0.571. The van der Waals surface area contributed by atoms with Gasteiger partial charge in [-0.1, -0.05) is 26.0 Å². The molecular weight excluding hydrogens is 264 g/mol. The number of amides is 1. The van der Waals surface area contributed by atoms with Crippen LogP contribution in [0.3, 0.4) is 0 Å². The van der Waals surface area contributed by atoms with E-state index in [2.05, 4.69) is 18.8 Å². The van der Waals surface area contributed by atoms with Crippen molar-refractivity contribution in [3.05, 3.63) is 46.2 Å². The smallest absolute Gasteiger partial charge is 0.259 e. The van der Waals surface area contributed by atoms with Crippen LogP contribution in [0.2, 0.25) is 0 Å². The lowest BCUT2D eigenvalue weighted by Gasteiger charge is -2.34. The van der Waals surface area contributed by atoms with Crippen LogP contribution in [0.25, 0.3) is 10.9 Å². The van der Waals surface area contributed by atoms with Crippen LogP contribution in [0.4, 0.5) is 0 Å². The monoisotopic (exact) mass is 284 g/mol. The number of piperidine rings is 1. The molecule has 3 rings (SSSR count). The van der Waals surface area contributed by atoms with Gasteiger partial charge in [0, 0.05) is 30.2 Å². The van der Waals surface area contributed by atoms with Crippen LogP contribution >= 0.6 is 0 Å². The molecule has 1 N–H and O–H groups in total. The first-order chi connectivity index (χ1) is 10.1. The third kappa shape index (κ3) is 2.58. The number of H-pyrrole nitrogens is 1. The van der Waals surface area contributed by atoms with Crippen LogP contribution in [0, 0.1) is 11.8 Å². The van der Waals surface area contributed by atoms with Crippen LogP contribution in [0.5, 0.6) is 0 Å². The van der Waals surface area contributed by atoms with E-state index in [0.717, 1.165) is 25.0 Å². The Kier molecular flexibility index (Phi) is 3.53. The molecule has 2 unspecified atom stereocenters. The Bertz CT molecular complexity index is 725. The van der Waals surface area contributed by atoms with Crippen molar-refractivity contribution >= 4 is 16.8 Å². The maximum Gasteiger partial charge on any atom is 0.259 e. The summed E-state index contributed by atoms with van der Waals surface area (Å²) in [5.41, 5.74) is 0.828. The average molecular weight is 284 g/mol. The van der Waals surface area contributed by atoms with Gasteiger partial charge < -0.3 is 9.88 Å². The first-order valence-electron chi connectivity index (χ1n) is 7.46. The van der Waals surface area contributed by atoms with Crippen molar-refractivity contribution in [3.8, 4) is 0 Å². The summed E-state index contributed by atoms with van der Waals surface area (Å²) in [5.74, 6) is 0.815. The molecule has 1 saturated heterocycles. The van der Waals surface area contributed by atoms with E-state index in [1.807, 2.05) is 23.1 Å². The van der Waals surface area contributed by atoms with E-state index in [4.69, 9.17) is 0 Å². The number of nitrogens with one attached hydrogen (secondary N) is 1. The lowest BCUT2D eigenvalue weighted by molar-refractivity contribution is 0.0621. The van der Waals surface area contributed by atoms with E-state index in [1.54, 1.807) is 12.3 Å². The quantitative estimate of drug-likeness (QED) is 0.875. The average Bonchev–Trinajstić information content (AvgIpc) is 2.46. The lowest BCUT2D eigenvalue weighted by Crippen LogP contribution is -2.44. The number of fused-ring (bicyclic) bond motifs is 1. The first kappa shape index (κ1) is 13.9. The maximum absolute atomic E-state index is 12.7. The zero-order chi connectivity index (χ0) is 15.0. The molecule has 2 aromatic rings. The summed E-state index contributed by atoms with van der Waals surface area (Å²) >= 11 is 0. The fraction of sp³-hybridized carbons (Fsp3) is 0.412. The molecule has 110 valence electrons. The van der Waals surface area contributed by atoms with Crippen LogP contribution in [0.15, 0.2) is 35.3 Å². The zero-order valence-corrected chi connectivity index (χ0v) is 12.4. The number of carbonyl (C=O) groups is 1. The molecule has 1 aromatic heterocycles. The number of pyridine rings is 1. The number of hydrogen-bond donors (Lipinski definition) is 1. The predicted molar refractivity (Wildman–Crippen MR) is 83.4 cm³/mol. The SMILES string of the molecule is CC1CC(C)CN(C(=O)c2c[nH]c3ccccc3c2=O)C1. The number of hydrogen-bond acceptors (Lipinski definition) is 2. The first-order valence-corrected chi connectivity index (χ1v) is 7.46. The number of rotatable bonds is 1. The van der Waals surface area contributed by atoms with E-state index in [9.17, 15) is 9.59 Å². The Morgan fingerprint density at radius 1 is 1.19 bits per heavy atom. The Hall–Kier alpha value is -2.10. The van der Waals surface area contributed by atoms with Crippen LogP contribution < -0.4 is 5.43 Å². The fourth-order valence-corrected chi connectivity index (χ4v) is 3.33. The molecule has 4 nitrogen and oxygen atoms in total. The number of carbonyl (C=O) groups excluding carboxylic acids is 1. The summed E-state index contributed by atoms with van der Waals surface area (Å²) < 4.78 is 0. The largest absolute Gasteiger partial charge is 0.360 e. The molecule has 0 saturated carbocycles. The summed E-state index contributed by atoms with van der Waals surface area (Å²) in [7, 11) is 0. The molecule has 1 amide bonds. The molecule has 0 bridgehead atoms. The van der Waals surface area contributed by atoms with Crippen molar-refractivity contribution in [1.82, 2.24) is 9.88 Å². The van der Waals surface area contributed by atoms with Crippen molar-refractivity contribution < 1.29 is 4.79 Å². The summed E-state index contributed by atoms with van der Waals surface area (Å²) in [6.07, 6.45) is 2.69. The van der Waals surface area contributed by atoms with E-state index in [0.29, 0.717) is 17.2 Å². The van der Waals surface area contributed by atoms with Crippen molar-refractivity contribution in [2.24, 2.45) is 11.8 Å². The van der Waals surface area contributed by atoms with Gasteiger partial charge >= 0.3 is 0 Å². The summed E-state index contributed by atoms with van der Waals surface area (Å²) in [6, 6.07) is 7.28. The number of benzene rings is 1. The fourth-order valence-electron chi connectivity index (χ4n) is 3.33. The molecule has 1 aliphatic heterocycles. The summed E-state index contributed by atoms with van der Waals surface area (Å²) in [6.45, 7) is 5.77. The molecular formula is C17H20N2O2. The molecule has 1 fully saturated rings. The number of nitrogens with zero attached hydrogens (tertiary/aromatic N) is 1. The predicted octanol–water partition coefficient (Wildman–Crippen LogP) is 2.65. The van der Waals surface area contributed by atoms with Gasteiger partial charge in [-0.25, -0.2) is 0 Å². The molecule has 0 spiro atoms. The number of aromatic amines is 1. The van der Waals surface area contributed by atoms with Gasteiger partial charge in [-0.3, -0.25) is 9.59 Å². The second-order valence-electron chi connectivity index (χ2n) is 6.23. The highest BCUT2D eigenvalue weighted by Crippen LogP contribution is 2.22. The Labute approximate surface area is 123 Å². The molecule has 0 aliphatic carbocycles. The second-order valence-corrected chi connectivity index (χ2v) is 6.23. The molecule has 4 heteroatoms. The van der Waals surface area contributed by atoms with Crippen molar-refractivity contribution in [2.45, 2.75) is 20.3 Å². The molecule has 2 heterocycles. The highest BCUT2D eigenvalue weighted by atomic mass is 16.2. The Morgan fingerprint density at radius 3 is 2.57 bits per heavy atom. The number of para-hydroxylation sites is 1. The van der Waals surface area contributed by atoms with Gasteiger partial charge in [0.1, 0.15) is 5.56 Å². The van der Waals surface area contributed by atoms with Gasteiger partial charge in [0.2, 0.25) is 5.43 Å². The van der Waals surface area contributed by atoms with E-state index in [1.165, 1.54) is 0 Å². The highest BCUT2D eigenvalue weighted by Gasteiger charge is 2.27. The van der Waals surface area contributed by atoms with Crippen LogP contribution in [0.1, 0.15) is 30.6 Å². The Morgan fingerprint density at radius 2 is 1.86 bits per heavy atom. The van der Waals surface area contributed by atoms with Crippen molar-refractivity contribution in [1.29, 1.82) is 0 Å². The van der Waals surface area contributed by atoms with Gasteiger partial charge in [-0.05, 0) is 30.4 Å². The van der Waals surface area contributed by atoms with E-state index < -0.39 is 0 Å². The normalized spacial score (nSPS) is 22.5. The summed E-state index contributed by atoms with van der Waals surface area (Å²) in [4.78, 5) is 30.0.